The van der Waals surface area contributed by atoms with Crippen LogP contribution < -0.4 is 5.32 Å². The summed E-state index contributed by atoms with van der Waals surface area (Å²) in [4.78, 5) is 4.35. The molecule has 6 heteroatoms. The highest BCUT2D eigenvalue weighted by Crippen LogP contribution is 2.15. The van der Waals surface area contributed by atoms with E-state index in [9.17, 15) is 0 Å². The van der Waals surface area contributed by atoms with Crippen LogP contribution in [-0.4, -0.2) is 24.5 Å². The molecule has 3 rings (SSSR count). The SMILES string of the molecule is CCCCc1ccc(-n2cc(CNC(CC)c3ncnn3C)cn2)cc1. The Morgan fingerprint density at radius 1 is 1.08 bits per heavy atom. The first-order chi connectivity index (χ1) is 12.7. The van der Waals surface area contributed by atoms with Gasteiger partial charge in [-0.2, -0.15) is 10.2 Å². The van der Waals surface area contributed by atoms with Crippen molar-refractivity contribution in [2.75, 3.05) is 0 Å². The van der Waals surface area contributed by atoms with Crippen molar-refractivity contribution in [2.45, 2.75) is 52.1 Å². The fourth-order valence-electron chi connectivity index (χ4n) is 3.07. The topological polar surface area (TPSA) is 60.6 Å². The Bertz CT molecular complexity index is 802. The molecule has 0 saturated carbocycles. The summed E-state index contributed by atoms with van der Waals surface area (Å²) in [6, 6.07) is 8.87. The number of hydrogen-bond acceptors (Lipinski definition) is 4. The lowest BCUT2D eigenvalue weighted by Crippen LogP contribution is -2.23. The Labute approximate surface area is 155 Å². The van der Waals surface area contributed by atoms with Crippen LogP contribution in [0.2, 0.25) is 0 Å². The average molecular weight is 352 g/mol. The molecule has 1 N–H and O–H groups in total. The maximum atomic E-state index is 4.51. The average Bonchev–Trinajstić information content (AvgIpc) is 3.31. The molecular weight excluding hydrogens is 324 g/mol. The Balaban J connectivity index is 1.61. The van der Waals surface area contributed by atoms with Crippen LogP contribution in [0.4, 0.5) is 0 Å². The largest absolute Gasteiger partial charge is 0.303 e. The Morgan fingerprint density at radius 2 is 1.88 bits per heavy atom. The van der Waals surface area contributed by atoms with Gasteiger partial charge in [-0.25, -0.2) is 9.67 Å². The van der Waals surface area contributed by atoms with Crippen molar-refractivity contribution in [3.05, 3.63) is 59.9 Å². The number of aryl methyl sites for hydroxylation is 2. The summed E-state index contributed by atoms with van der Waals surface area (Å²) in [5.41, 5.74) is 3.64. The lowest BCUT2D eigenvalue weighted by molar-refractivity contribution is 0.472. The number of unbranched alkanes of at least 4 members (excludes halogenated alkanes) is 1. The molecular formula is C20H28N6. The van der Waals surface area contributed by atoms with Gasteiger partial charge in [-0.3, -0.25) is 4.68 Å². The second-order valence-corrected chi connectivity index (χ2v) is 6.65. The summed E-state index contributed by atoms with van der Waals surface area (Å²) in [7, 11) is 1.93. The van der Waals surface area contributed by atoms with Gasteiger partial charge in [0.25, 0.3) is 0 Å². The van der Waals surface area contributed by atoms with E-state index in [0.29, 0.717) is 0 Å². The second kappa shape index (κ2) is 8.76. The molecule has 138 valence electrons. The molecule has 0 bridgehead atoms. The van der Waals surface area contributed by atoms with Gasteiger partial charge < -0.3 is 5.32 Å². The van der Waals surface area contributed by atoms with Crippen LogP contribution in [0, 0.1) is 0 Å². The maximum Gasteiger partial charge on any atom is 0.143 e. The van der Waals surface area contributed by atoms with Gasteiger partial charge in [0, 0.05) is 25.4 Å². The van der Waals surface area contributed by atoms with Crippen molar-refractivity contribution in [3.8, 4) is 5.69 Å². The zero-order valence-electron chi connectivity index (χ0n) is 15.9. The number of nitrogens with zero attached hydrogens (tertiary/aromatic N) is 5. The minimum atomic E-state index is 0.184. The molecule has 0 aliphatic heterocycles. The number of rotatable bonds is 9. The normalized spacial score (nSPS) is 12.4. The van der Waals surface area contributed by atoms with Gasteiger partial charge in [0.15, 0.2) is 0 Å². The van der Waals surface area contributed by atoms with E-state index in [4.69, 9.17) is 0 Å². The second-order valence-electron chi connectivity index (χ2n) is 6.65. The Morgan fingerprint density at radius 3 is 2.54 bits per heavy atom. The molecule has 1 unspecified atom stereocenters. The summed E-state index contributed by atoms with van der Waals surface area (Å²) < 4.78 is 3.76. The van der Waals surface area contributed by atoms with Crippen LogP contribution in [0.3, 0.4) is 0 Å². The molecule has 0 radical (unpaired) electrons. The van der Waals surface area contributed by atoms with Crippen LogP contribution >= 0.6 is 0 Å². The first-order valence-corrected chi connectivity index (χ1v) is 9.41. The van der Waals surface area contributed by atoms with Gasteiger partial charge in [0.2, 0.25) is 0 Å². The maximum absolute atomic E-state index is 4.51. The van der Waals surface area contributed by atoms with Crippen LogP contribution in [0.1, 0.15) is 56.1 Å². The predicted octanol–water partition coefficient (Wildman–Crippen LogP) is 3.58. The molecule has 26 heavy (non-hydrogen) atoms. The minimum Gasteiger partial charge on any atom is -0.303 e. The molecule has 1 atom stereocenters. The lowest BCUT2D eigenvalue weighted by atomic mass is 10.1. The highest BCUT2D eigenvalue weighted by Gasteiger charge is 2.14. The predicted molar refractivity (Wildman–Crippen MR) is 103 cm³/mol. The van der Waals surface area contributed by atoms with Crippen molar-refractivity contribution >= 4 is 0 Å². The molecule has 2 heterocycles. The summed E-state index contributed by atoms with van der Waals surface area (Å²) in [6.45, 7) is 5.12. The van der Waals surface area contributed by atoms with Gasteiger partial charge in [-0.1, -0.05) is 32.4 Å². The number of hydrogen-bond donors (Lipinski definition) is 1. The fraction of sp³-hybridized carbons (Fsp3) is 0.450. The number of nitrogens with one attached hydrogen (secondary N) is 1. The standard InChI is InChI=1S/C20H28N6/c1-4-6-7-16-8-10-18(11-9-16)26-14-17(13-23-26)12-21-19(5-2)20-22-15-24-25(20)3/h8-11,13-15,19,21H,4-7,12H2,1-3H3. The first kappa shape index (κ1) is 18.3. The third kappa shape index (κ3) is 4.38. The molecule has 2 aromatic heterocycles. The highest BCUT2D eigenvalue weighted by atomic mass is 15.3. The lowest BCUT2D eigenvalue weighted by Gasteiger charge is -2.15. The van der Waals surface area contributed by atoms with E-state index < -0.39 is 0 Å². The van der Waals surface area contributed by atoms with Crippen LogP contribution in [0.15, 0.2) is 43.0 Å². The number of benzene rings is 1. The molecule has 1 aromatic carbocycles. The highest BCUT2D eigenvalue weighted by molar-refractivity contribution is 5.34. The molecule has 3 aromatic rings. The summed E-state index contributed by atoms with van der Waals surface area (Å²) in [5.74, 6) is 0.961. The number of aromatic nitrogens is 5. The van der Waals surface area contributed by atoms with Crippen molar-refractivity contribution in [2.24, 2.45) is 7.05 Å². The third-order valence-electron chi connectivity index (χ3n) is 4.67. The molecule has 0 spiro atoms. The molecule has 0 saturated heterocycles. The Kier molecular flexibility index (Phi) is 6.17. The van der Waals surface area contributed by atoms with E-state index in [2.05, 4.69) is 64.8 Å². The monoisotopic (exact) mass is 352 g/mol. The van der Waals surface area contributed by atoms with Crippen molar-refractivity contribution in [1.82, 2.24) is 29.9 Å². The van der Waals surface area contributed by atoms with Crippen LogP contribution in [0.5, 0.6) is 0 Å². The smallest absolute Gasteiger partial charge is 0.143 e. The molecule has 6 nitrogen and oxygen atoms in total. The van der Waals surface area contributed by atoms with Crippen molar-refractivity contribution < 1.29 is 0 Å². The van der Waals surface area contributed by atoms with E-state index in [0.717, 1.165) is 36.5 Å². The van der Waals surface area contributed by atoms with Gasteiger partial charge in [0.1, 0.15) is 12.2 Å². The third-order valence-corrected chi connectivity index (χ3v) is 4.67. The first-order valence-electron chi connectivity index (χ1n) is 9.41. The van der Waals surface area contributed by atoms with Gasteiger partial charge in [-0.15, -0.1) is 0 Å². The fourth-order valence-corrected chi connectivity index (χ4v) is 3.07. The van der Waals surface area contributed by atoms with E-state index in [1.165, 1.54) is 18.4 Å². The van der Waals surface area contributed by atoms with E-state index in [-0.39, 0.29) is 6.04 Å². The van der Waals surface area contributed by atoms with Crippen molar-refractivity contribution in [1.29, 1.82) is 0 Å². The molecule has 0 aliphatic rings. The summed E-state index contributed by atoms with van der Waals surface area (Å²) in [6.07, 6.45) is 10.2. The van der Waals surface area contributed by atoms with Gasteiger partial charge >= 0.3 is 0 Å². The van der Waals surface area contributed by atoms with Crippen LogP contribution in [-0.2, 0) is 20.0 Å². The quantitative estimate of drug-likeness (QED) is 0.639. The van der Waals surface area contributed by atoms with Crippen molar-refractivity contribution in [3.63, 3.8) is 0 Å². The summed E-state index contributed by atoms with van der Waals surface area (Å²) in [5, 5.41) is 12.2. The van der Waals surface area contributed by atoms with Gasteiger partial charge in [-0.05, 0) is 37.0 Å². The zero-order chi connectivity index (χ0) is 18.4. The minimum absolute atomic E-state index is 0.184. The van der Waals surface area contributed by atoms with E-state index >= 15 is 0 Å². The Hall–Kier alpha value is -2.47. The zero-order valence-corrected chi connectivity index (χ0v) is 15.9. The van der Waals surface area contributed by atoms with Gasteiger partial charge in [0.05, 0.1) is 17.9 Å². The molecule has 0 amide bonds. The van der Waals surface area contributed by atoms with E-state index in [1.807, 2.05) is 22.6 Å². The summed E-state index contributed by atoms with van der Waals surface area (Å²) >= 11 is 0. The van der Waals surface area contributed by atoms with Crippen LogP contribution in [0.25, 0.3) is 5.69 Å². The molecule has 0 fully saturated rings. The van der Waals surface area contributed by atoms with E-state index in [1.54, 1.807) is 6.33 Å². The molecule has 0 aliphatic carbocycles.